The molecule has 2 aromatic rings. The Labute approximate surface area is 80.5 Å². The normalized spacial score (nSPS) is 10.2. The highest BCUT2D eigenvalue weighted by Crippen LogP contribution is 2.24. The molecule has 2 nitrogen and oxygen atoms in total. The van der Waals surface area contributed by atoms with Gasteiger partial charge in [0.05, 0.1) is 26.9 Å². The van der Waals surface area contributed by atoms with Gasteiger partial charge in [0, 0.05) is 0 Å². The van der Waals surface area contributed by atoms with Gasteiger partial charge in [-0.05, 0) is 31.5 Å². The molecule has 0 bridgehead atoms. The van der Waals surface area contributed by atoms with Gasteiger partial charge in [-0.1, -0.05) is 0 Å². The minimum atomic E-state index is 0.720. The second kappa shape index (κ2) is 2.82. The Bertz CT molecular complexity index is 505. The Morgan fingerprint density at radius 3 is 2.85 bits per heavy atom. The van der Waals surface area contributed by atoms with E-state index >= 15 is 0 Å². The van der Waals surface area contributed by atoms with Crippen molar-refractivity contribution in [3.8, 4) is 6.07 Å². The molecule has 0 N–H and O–H groups in total. The molecule has 1 aromatic carbocycles. The van der Waals surface area contributed by atoms with Crippen molar-refractivity contribution in [2.75, 3.05) is 0 Å². The van der Waals surface area contributed by atoms with E-state index < -0.39 is 0 Å². The molecule has 0 atom stereocenters. The van der Waals surface area contributed by atoms with Crippen LogP contribution in [0.5, 0.6) is 0 Å². The van der Waals surface area contributed by atoms with Gasteiger partial charge in [-0.15, -0.1) is 11.3 Å². The van der Waals surface area contributed by atoms with Crippen LogP contribution in [0, 0.1) is 25.2 Å². The van der Waals surface area contributed by atoms with E-state index in [4.69, 9.17) is 5.26 Å². The zero-order chi connectivity index (χ0) is 9.42. The van der Waals surface area contributed by atoms with Crippen molar-refractivity contribution in [2.45, 2.75) is 13.8 Å². The Morgan fingerprint density at radius 2 is 2.15 bits per heavy atom. The molecule has 0 unspecified atom stereocenters. The number of nitrogens with zero attached hydrogens (tertiary/aromatic N) is 2. The van der Waals surface area contributed by atoms with Gasteiger partial charge in [0.15, 0.2) is 0 Å². The number of nitriles is 1. The number of hydrogen-bond acceptors (Lipinski definition) is 3. The zero-order valence-corrected chi connectivity index (χ0v) is 8.27. The van der Waals surface area contributed by atoms with E-state index in [0.29, 0.717) is 0 Å². The number of thiazole rings is 1. The molecule has 0 aliphatic heterocycles. The molecule has 1 aromatic heterocycles. The maximum absolute atomic E-state index is 8.81. The standard InChI is InChI=1S/C10H8N2S/c1-6-3-10-9(4-8(6)5-11)12-7(2)13-10/h3-4H,1-2H3. The Morgan fingerprint density at radius 1 is 1.38 bits per heavy atom. The van der Waals surface area contributed by atoms with Gasteiger partial charge in [0.1, 0.15) is 0 Å². The SMILES string of the molecule is Cc1nc2cc(C#N)c(C)cc2s1. The maximum atomic E-state index is 8.81. The topological polar surface area (TPSA) is 36.7 Å². The van der Waals surface area contributed by atoms with Gasteiger partial charge in [-0.2, -0.15) is 5.26 Å². The third-order valence-corrected chi connectivity index (χ3v) is 2.90. The first-order valence-electron chi connectivity index (χ1n) is 3.98. The van der Waals surface area contributed by atoms with Crippen LogP contribution in [0.3, 0.4) is 0 Å². The first-order chi connectivity index (χ1) is 6.20. The number of benzene rings is 1. The summed E-state index contributed by atoms with van der Waals surface area (Å²) in [6, 6.07) is 6.04. The summed E-state index contributed by atoms with van der Waals surface area (Å²) in [7, 11) is 0. The molecule has 0 spiro atoms. The molecule has 13 heavy (non-hydrogen) atoms. The van der Waals surface area contributed by atoms with Crippen LogP contribution >= 0.6 is 11.3 Å². The van der Waals surface area contributed by atoms with Gasteiger partial charge in [0.25, 0.3) is 0 Å². The van der Waals surface area contributed by atoms with Crippen LogP contribution in [0.2, 0.25) is 0 Å². The summed E-state index contributed by atoms with van der Waals surface area (Å²) >= 11 is 1.66. The highest BCUT2D eigenvalue weighted by atomic mass is 32.1. The quantitative estimate of drug-likeness (QED) is 0.637. The molecule has 0 aliphatic rings. The van der Waals surface area contributed by atoms with Crippen molar-refractivity contribution in [3.63, 3.8) is 0 Å². The molecule has 64 valence electrons. The second-order valence-electron chi connectivity index (χ2n) is 2.98. The first kappa shape index (κ1) is 8.21. The minimum absolute atomic E-state index is 0.720. The molecule has 0 radical (unpaired) electrons. The summed E-state index contributed by atoms with van der Waals surface area (Å²) < 4.78 is 1.16. The molecule has 3 heteroatoms. The fourth-order valence-electron chi connectivity index (χ4n) is 1.31. The third kappa shape index (κ3) is 1.30. The third-order valence-electron chi connectivity index (χ3n) is 1.96. The average Bonchev–Trinajstić information content (AvgIpc) is 2.42. The molecule has 0 saturated heterocycles. The smallest absolute Gasteiger partial charge is 0.0995 e. The molecule has 0 amide bonds. The molecule has 2 rings (SSSR count). The van der Waals surface area contributed by atoms with Gasteiger partial charge in [0.2, 0.25) is 0 Å². The molecular weight excluding hydrogens is 180 g/mol. The summed E-state index contributed by atoms with van der Waals surface area (Å²) in [5, 5.41) is 9.86. The monoisotopic (exact) mass is 188 g/mol. The summed E-state index contributed by atoms with van der Waals surface area (Å²) in [6.45, 7) is 3.93. The zero-order valence-electron chi connectivity index (χ0n) is 7.46. The van der Waals surface area contributed by atoms with E-state index in [0.717, 1.165) is 26.4 Å². The van der Waals surface area contributed by atoms with Crippen LogP contribution in [0.4, 0.5) is 0 Å². The van der Waals surface area contributed by atoms with Gasteiger partial charge < -0.3 is 0 Å². The van der Waals surface area contributed by atoms with Crippen molar-refractivity contribution in [3.05, 3.63) is 28.3 Å². The first-order valence-corrected chi connectivity index (χ1v) is 4.80. The van der Waals surface area contributed by atoms with Crippen LogP contribution in [0.15, 0.2) is 12.1 Å². The van der Waals surface area contributed by atoms with Crippen LogP contribution < -0.4 is 0 Å². The van der Waals surface area contributed by atoms with Crippen molar-refractivity contribution >= 4 is 21.6 Å². The highest BCUT2D eigenvalue weighted by Gasteiger charge is 2.04. The predicted octanol–water partition coefficient (Wildman–Crippen LogP) is 2.78. The number of fused-ring (bicyclic) bond motifs is 1. The summed E-state index contributed by atoms with van der Waals surface area (Å²) in [5.41, 5.74) is 2.68. The predicted molar refractivity (Wildman–Crippen MR) is 53.8 cm³/mol. The fourth-order valence-corrected chi connectivity index (χ4v) is 2.22. The summed E-state index contributed by atoms with van der Waals surface area (Å²) in [5.74, 6) is 0. The van der Waals surface area contributed by atoms with E-state index in [1.165, 1.54) is 0 Å². The van der Waals surface area contributed by atoms with E-state index in [9.17, 15) is 0 Å². The number of rotatable bonds is 0. The van der Waals surface area contributed by atoms with E-state index in [1.54, 1.807) is 11.3 Å². The largest absolute Gasteiger partial charge is 0.241 e. The Balaban J connectivity index is 2.82. The van der Waals surface area contributed by atoms with E-state index in [1.807, 2.05) is 26.0 Å². The van der Waals surface area contributed by atoms with Crippen LogP contribution in [-0.4, -0.2) is 4.98 Å². The molecule has 0 aliphatic carbocycles. The lowest BCUT2D eigenvalue weighted by molar-refractivity contribution is 1.33. The van der Waals surface area contributed by atoms with Gasteiger partial charge in [-0.3, -0.25) is 0 Å². The lowest BCUT2D eigenvalue weighted by Crippen LogP contribution is -1.80. The Hall–Kier alpha value is -1.40. The highest BCUT2D eigenvalue weighted by molar-refractivity contribution is 7.18. The van der Waals surface area contributed by atoms with E-state index in [2.05, 4.69) is 11.1 Å². The van der Waals surface area contributed by atoms with Crippen molar-refractivity contribution in [1.29, 1.82) is 5.26 Å². The van der Waals surface area contributed by atoms with Crippen molar-refractivity contribution < 1.29 is 0 Å². The summed E-state index contributed by atoms with van der Waals surface area (Å²) in [4.78, 5) is 4.33. The van der Waals surface area contributed by atoms with E-state index in [-0.39, 0.29) is 0 Å². The minimum Gasteiger partial charge on any atom is -0.241 e. The molecular formula is C10H8N2S. The Kier molecular flexibility index (Phi) is 1.78. The number of aromatic nitrogens is 1. The van der Waals surface area contributed by atoms with Crippen LogP contribution in [0.1, 0.15) is 16.1 Å². The lowest BCUT2D eigenvalue weighted by Gasteiger charge is -1.94. The molecule has 1 heterocycles. The second-order valence-corrected chi connectivity index (χ2v) is 4.21. The fraction of sp³-hybridized carbons (Fsp3) is 0.200. The number of aryl methyl sites for hydroxylation is 2. The average molecular weight is 188 g/mol. The van der Waals surface area contributed by atoms with Gasteiger partial charge >= 0.3 is 0 Å². The van der Waals surface area contributed by atoms with Crippen LogP contribution in [0.25, 0.3) is 10.2 Å². The van der Waals surface area contributed by atoms with Gasteiger partial charge in [-0.25, -0.2) is 4.98 Å². The van der Waals surface area contributed by atoms with Crippen LogP contribution in [-0.2, 0) is 0 Å². The molecule has 0 saturated carbocycles. The number of hydrogen-bond donors (Lipinski definition) is 0. The molecule has 0 fully saturated rings. The maximum Gasteiger partial charge on any atom is 0.0995 e. The lowest BCUT2D eigenvalue weighted by atomic mass is 10.1. The van der Waals surface area contributed by atoms with Crippen molar-refractivity contribution in [2.24, 2.45) is 0 Å². The van der Waals surface area contributed by atoms with Crippen molar-refractivity contribution in [1.82, 2.24) is 4.98 Å². The summed E-state index contributed by atoms with van der Waals surface area (Å²) in [6.07, 6.45) is 0.